The summed E-state index contributed by atoms with van der Waals surface area (Å²) in [6.45, 7) is 0. The van der Waals surface area contributed by atoms with Gasteiger partial charge in [-0.25, -0.2) is 4.98 Å². The van der Waals surface area contributed by atoms with Crippen molar-refractivity contribution >= 4 is 35.0 Å². The van der Waals surface area contributed by atoms with Gasteiger partial charge in [-0.2, -0.15) is 0 Å². The van der Waals surface area contributed by atoms with Crippen molar-refractivity contribution in [2.24, 2.45) is 0 Å². The Morgan fingerprint density at radius 2 is 1.81 bits per heavy atom. The van der Waals surface area contributed by atoms with Gasteiger partial charge in [0.15, 0.2) is 5.16 Å². The highest BCUT2D eigenvalue weighted by Gasteiger charge is 2.05. The number of hydrogen-bond acceptors (Lipinski definition) is 2. The Hall–Kier alpha value is -1.42. The van der Waals surface area contributed by atoms with E-state index in [1.165, 1.54) is 0 Å². The number of nitrogens with zero attached hydrogens (tertiary/aromatic N) is 1. The Morgan fingerprint density at radius 1 is 1.00 bits per heavy atom. The number of aromatic amines is 1. The van der Waals surface area contributed by atoms with E-state index in [1.807, 2.05) is 42.6 Å². The molecule has 0 radical (unpaired) electrons. The maximum atomic E-state index is 6.02. The zero-order valence-electron chi connectivity index (χ0n) is 11.0. The molecule has 0 bridgehead atoms. The standard InChI is InChI=1S/C16H12Cl2N2S/c17-13-7-6-11(8-14(13)18)10-21-16-19-9-15(20-16)12-4-2-1-3-5-12/h1-9H,10H2,(H,19,20). The molecule has 1 N–H and O–H groups in total. The molecule has 2 aromatic carbocycles. The summed E-state index contributed by atoms with van der Waals surface area (Å²) in [5.41, 5.74) is 3.27. The van der Waals surface area contributed by atoms with E-state index in [0.29, 0.717) is 10.0 Å². The first kappa shape index (κ1) is 14.5. The van der Waals surface area contributed by atoms with Crippen LogP contribution in [0.25, 0.3) is 11.3 Å². The summed E-state index contributed by atoms with van der Waals surface area (Å²) in [7, 11) is 0. The molecule has 0 atom stereocenters. The number of imidazole rings is 1. The molecule has 2 nitrogen and oxygen atoms in total. The molecule has 3 rings (SSSR count). The number of benzene rings is 2. The van der Waals surface area contributed by atoms with Crippen LogP contribution < -0.4 is 0 Å². The minimum absolute atomic E-state index is 0.578. The van der Waals surface area contributed by atoms with Crippen molar-refractivity contribution in [2.45, 2.75) is 10.9 Å². The molecular weight excluding hydrogens is 323 g/mol. The summed E-state index contributed by atoms with van der Waals surface area (Å²) in [4.78, 5) is 7.71. The van der Waals surface area contributed by atoms with Gasteiger partial charge in [-0.15, -0.1) is 0 Å². The van der Waals surface area contributed by atoms with Crippen LogP contribution in [0.15, 0.2) is 59.9 Å². The third kappa shape index (κ3) is 3.62. The number of thioether (sulfide) groups is 1. The van der Waals surface area contributed by atoms with E-state index in [9.17, 15) is 0 Å². The topological polar surface area (TPSA) is 28.7 Å². The SMILES string of the molecule is Clc1ccc(CSc2ncc(-c3ccccc3)[nH]2)cc1Cl. The molecule has 0 saturated carbocycles. The van der Waals surface area contributed by atoms with Crippen molar-refractivity contribution in [1.29, 1.82) is 0 Å². The molecule has 0 unspecified atom stereocenters. The summed E-state index contributed by atoms with van der Waals surface area (Å²) in [6, 6.07) is 15.8. The number of rotatable bonds is 4. The number of H-pyrrole nitrogens is 1. The van der Waals surface area contributed by atoms with Crippen molar-refractivity contribution in [3.63, 3.8) is 0 Å². The highest BCUT2D eigenvalue weighted by atomic mass is 35.5. The highest BCUT2D eigenvalue weighted by Crippen LogP contribution is 2.27. The van der Waals surface area contributed by atoms with Crippen LogP contribution in [0.5, 0.6) is 0 Å². The second-order valence-electron chi connectivity index (χ2n) is 4.51. The summed E-state index contributed by atoms with van der Waals surface area (Å²) >= 11 is 13.6. The normalized spacial score (nSPS) is 10.8. The van der Waals surface area contributed by atoms with Gasteiger partial charge in [0.05, 0.1) is 21.9 Å². The van der Waals surface area contributed by atoms with Crippen LogP contribution in [0.3, 0.4) is 0 Å². The van der Waals surface area contributed by atoms with Crippen LogP contribution in [0.4, 0.5) is 0 Å². The van der Waals surface area contributed by atoms with Crippen molar-refractivity contribution in [1.82, 2.24) is 9.97 Å². The van der Waals surface area contributed by atoms with E-state index in [1.54, 1.807) is 11.8 Å². The fraction of sp³-hybridized carbons (Fsp3) is 0.0625. The fourth-order valence-electron chi connectivity index (χ4n) is 1.92. The van der Waals surface area contributed by atoms with E-state index in [0.717, 1.165) is 27.7 Å². The maximum Gasteiger partial charge on any atom is 0.166 e. The summed E-state index contributed by atoms with van der Waals surface area (Å²) in [6.07, 6.45) is 1.85. The van der Waals surface area contributed by atoms with Gasteiger partial charge < -0.3 is 4.98 Å². The van der Waals surface area contributed by atoms with Crippen molar-refractivity contribution in [3.8, 4) is 11.3 Å². The zero-order chi connectivity index (χ0) is 14.7. The Morgan fingerprint density at radius 3 is 2.57 bits per heavy atom. The van der Waals surface area contributed by atoms with E-state index in [4.69, 9.17) is 23.2 Å². The lowest BCUT2D eigenvalue weighted by Crippen LogP contribution is -1.83. The quantitative estimate of drug-likeness (QED) is 0.622. The highest BCUT2D eigenvalue weighted by molar-refractivity contribution is 7.98. The summed E-state index contributed by atoms with van der Waals surface area (Å²) in [5, 5.41) is 2.05. The van der Waals surface area contributed by atoms with Gasteiger partial charge in [-0.05, 0) is 23.3 Å². The molecule has 1 aromatic heterocycles. The molecule has 3 aromatic rings. The lowest BCUT2D eigenvalue weighted by molar-refractivity contribution is 1.06. The molecule has 21 heavy (non-hydrogen) atoms. The summed E-state index contributed by atoms with van der Waals surface area (Å²) < 4.78 is 0. The molecule has 0 fully saturated rings. The molecule has 0 aliphatic carbocycles. The Kier molecular flexibility index (Phi) is 4.54. The van der Waals surface area contributed by atoms with Crippen LogP contribution in [-0.2, 0) is 5.75 Å². The third-order valence-corrected chi connectivity index (χ3v) is 4.69. The monoisotopic (exact) mass is 334 g/mol. The molecule has 0 saturated heterocycles. The Labute approximate surface area is 137 Å². The molecule has 106 valence electrons. The lowest BCUT2D eigenvalue weighted by atomic mass is 10.2. The number of hydrogen-bond donors (Lipinski definition) is 1. The van der Waals surface area contributed by atoms with E-state index < -0.39 is 0 Å². The average molecular weight is 335 g/mol. The Bertz CT molecular complexity index is 741. The minimum atomic E-state index is 0.578. The third-order valence-electron chi connectivity index (χ3n) is 3.00. The molecule has 1 heterocycles. The van der Waals surface area contributed by atoms with E-state index in [2.05, 4.69) is 22.1 Å². The fourth-order valence-corrected chi connectivity index (χ4v) is 3.03. The molecule has 0 spiro atoms. The van der Waals surface area contributed by atoms with Crippen LogP contribution in [-0.4, -0.2) is 9.97 Å². The van der Waals surface area contributed by atoms with Crippen molar-refractivity contribution in [2.75, 3.05) is 0 Å². The molecular formula is C16H12Cl2N2S. The molecule has 0 aliphatic rings. The van der Waals surface area contributed by atoms with Gasteiger partial charge in [-0.3, -0.25) is 0 Å². The first-order valence-corrected chi connectivity index (χ1v) is 8.14. The van der Waals surface area contributed by atoms with Gasteiger partial charge in [0.2, 0.25) is 0 Å². The second kappa shape index (κ2) is 6.56. The van der Waals surface area contributed by atoms with Gasteiger partial charge in [0, 0.05) is 5.75 Å². The van der Waals surface area contributed by atoms with E-state index in [-0.39, 0.29) is 0 Å². The predicted octanol–water partition coefficient (Wildman–Crippen LogP) is 5.68. The first-order valence-electron chi connectivity index (χ1n) is 6.39. The van der Waals surface area contributed by atoms with E-state index >= 15 is 0 Å². The molecule has 0 amide bonds. The minimum Gasteiger partial charge on any atom is -0.333 e. The van der Waals surface area contributed by atoms with Gasteiger partial charge >= 0.3 is 0 Å². The summed E-state index contributed by atoms with van der Waals surface area (Å²) in [5.74, 6) is 0.790. The number of aromatic nitrogens is 2. The Balaban J connectivity index is 1.69. The van der Waals surface area contributed by atoms with Crippen LogP contribution in [0, 0.1) is 0 Å². The smallest absolute Gasteiger partial charge is 0.166 e. The van der Waals surface area contributed by atoms with Gasteiger partial charge in [-0.1, -0.05) is 71.4 Å². The van der Waals surface area contributed by atoms with Crippen LogP contribution in [0.2, 0.25) is 10.0 Å². The van der Waals surface area contributed by atoms with Gasteiger partial charge in [0.25, 0.3) is 0 Å². The second-order valence-corrected chi connectivity index (χ2v) is 6.28. The maximum absolute atomic E-state index is 6.02. The van der Waals surface area contributed by atoms with Gasteiger partial charge in [0.1, 0.15) is 0 Å². The number of halogens is 2. The molecule has 5 heteroatoms. The average Bonchev–Trinajstić information content (AvgIpc) is 2.98. The van der Waals surface area contributed by atoms with Crippen molar-refractivity contribution < 1.29 is 0 Å². The van der Waals surface area contributed by atoms with Crippen LogP contribution in [0.1, 0.15) is 5.56 Å². The zero-order valence-corrected chi connectivity index (χ0v) is 13.3. The number of nitrogens with one attached hydrogen (secondary N) is 1. The van der Waals surface area contributed by atoms with Crippen molar-refractivity contribution in [3.05, 3.63) is 70.3 Å². The first-order chi connectivity index (χ1) is 10.2. The lowest BCUT2D eigenvalue weighted by Gasteiger charge is -2.01. The predicted molar refractivity (Wildman–Crippen MR) is 90.0 cm³/mol. The van der Waals surface area contributed by atoms with Crippen LogP contribution >= 0.6 is 35.0 Å². The molecule has 0 aliphatic heterocycles. The largest absolute Gasteiger partial charge is 0.333 e.